The van der Waals surface area contributed by atoms with Crippen LogP contribution < -0.4 is 10.1 Å². The molecular formula is C21H23N3O4S2. The molecule has 0 unspecified atom stereocenters. The van der Waals surface area contributed by atoms with Gasteiger partial charge in [-0.2, -0.15) is 0 Å². The van der Waals surface area contributed by atoms with Gasteiger partial charge in [0.1, 0.15) is 5.75 Å². The first-order valence-corrected chi connectivity index (χ1v) is 11.5. The smallest absolute Gasteiger partial charge is 0.264 e. The molecule has 3 rings (SSSR count). The van der Waals surface area contributed by atoms with Crippen LogP contribution in [0.25, 0.3) is 11.3 Å². The van der Waals surface area contributed by atoms with Crippen molar-refractivity contribution in [3.05, 3.63) is 59.0 Å². The minimum absolute atomic E-state index is 0.117. The van der Waals surface area contributed by atoms with Crippen LogP contribution in [0.15, 0.2) is 52.7 Å². The number of anilines is 1. The highest BCUT2D eigenvalue weighted by molar-refractivity contribution is 7.89. The Hall–Kier alpha value is -2.75. The first kappa shape index (κ1) is 21.9. The number of nitrogens with zero attached hydrogens (tertiary/aromatic N) is 2. The molecule has 30 heavy (non-hydrogen) atoms. The molecule has 9 heteroatoms. The number of hydrogen-bond donors (Lipinski definition) is 1. The topological polar surface area (TPSA) is 88.6 Å². The lowest BCUT2D eigenvalue weighted by Gasteiger charge is -2.11. The van der Waals surface area contributed by atoms with Gasteiger partial charge < -0.3 is 4.74 Å². The third-order valence-electron chi connectivity index (χ3n) is 4.53. The van der Waals surface area contributed by atoms with Crippen molar-refractivity contribution in [1.29, 1.82) is 0 Å². The summed E-state index contributed by atoms with van der Waals surface area (Å²) in [5, 5.41) is 4.97. The fourth-order valence-electron chi connectivity index (χ4n) is 2.58. The fourth-order valence-corrected chi connectivity index (χ4v) is 4.22. The molecule has 0 aliphatic carbocycles. The van der Waals surface area contributed by atoms with Crippen molar-refractivity contribution in [1.82, 2.24) is 9.29 Å². The van der Waals surface area contributed by atoms with Gasteiger partial charge in [0.15, 0.2) is 11.7 Å². The SMILES string of the molecule is Cc1ccc(OCC(=O)Nc2nc(-c3ccc(S(=O)(=O)N(C)C)cc3)cs2)cc1C. The van der Waals surface area contributed by atoms with Gasteiger partial charge in [0.2, 0.25) is 10.0 Å². The number of amides is 1. The summed E-state index contributed by atoms with van der Waals surface area (Å²) in [7, 11) is -0.499. The van der Waals surface area contributed by atoms with Crippen molar-refractivity contribution < 1.29 is 17.9 Å². The van der Waals surface area contributed by atoms with Gasteiger partial charge in [-0.15, -0.1) is 11.3 Å². The van der Waals surface area contributed by atoms with E-state index in [2.05, 4.69) is 10.3 Å². The van der Waals surface area contributed by atoms with Crippen LogP contribution in [0.2, 0.25) is 0 Å². The highest BCUT2D eigenvalue weighted by atomic mass is 32.2. The zero-order valence-electron chi connectivity index (χ0n) is 17.2. The number of thiazole rings is 1. The predicted molar refractivity (Wildman–Crippen MR) is 118 cm³/mol. The summed E-state index contributed by atoms with van der Waals surface area (Å²) in [4.78, 5) is 16.8. The van der Waals surface area contributed by atoms with E-state index in [1.165, 1.54) is 29.7 Å². The first-order chi connectivity index (χ1) is 14.2. The lowest BCUT2D eigenvalue weighted by Crippen LogP contribution is -2.22. The van der Waals surface area contributed by atoms with Crippen LogP contribution in [-0.4, -0.2) is 44.3 Å². The molecule has 0 radical (unpaired) electrons. The van der Waals surface area contributed by atoms with Crippen molar-refractivity contribution in [3.63, 3.8) is 0 Å². The number of hydrogen-bond acceptors (Lipinski definition) is 6. The quantitative estimate of drug-likeness (QED) is 0.599. The molecule has 0 spiro atoms. The number of sulfonamides is 1. The van der Waals surface area contributed by atoms with Crippen LogP contribution in [-0.2, 0) is 14.8 Å². The number of nitrogens with one attached hydrogen (secondary N) is 1. The summed E-state index contributed by atoms with van der Waals surface area (Å²) in [6.07, 6.45) is 0. The molecule has 0 aliphatic rings. The van der Waals surface area contributed by atoms with E-state index < -0.39 is 10.0 Å². The van der Waals surface area contributed by atoms with Crippen molar-refractivity contribution in [2.75, 3.05) is 26.0 Å². The van der Waals surface area contributed by atoms with Gasteiger partial charge >= 0.3 is 0 Å². The van der Waals surface area contributed by atoms with Crippen LogP contribution in [0, 0.1) is 13.8 Å². The van der Waals surface area contributed by atoms with Gasteiger partial charge in [-0.3, -0.25) is 10.1 Å². The molecule has 3 aromatic rings. The maximum absolute atomic E-state index is 12.2. The normalized spacial score (nSPS) is 11.5. The second-order valence-corrected chi connectivity index (χ2v) is 9.94. The van der Waals surface area contributed by atoms with Crippen LogP contribution >= 0.6 is 11.3 Å². The molecule has 0 fully saturated rings. The van der Waals surface area contributed by atoms with Crippen molar-refractivity contribution in [2.45, 2.75) is 18.7 Å². The average Bonchev–Trinajstić information content (AvgIpc) is 3.17. The number of rotatable bonds is 7. The van der Waals surface area contributed by atoms with E-state index in [4.69, 9.17) is 4.74 Å². The van der Waals surface area contributed by atoms with E-state index in [9.17, 15) is 13.2 Å². The van der Waals surface area contributed by atoms with Crippen LogP contribution in [0.3, 0.4) is 0 Å². The van der Waals surface area contributed by atoms with Gasteiger partial charge in [-0.1, -0.05) is 18.2 Å². The number of benzene rings is 2. The monoisotopic (exact) mass is 445 g/mol. The Morgan fingerprint density at radius 1 is 1.10 bits per heavy atom. The Labute approximate surface area is 180 Å². The minimum atomic E-state index is -3.48. The molecule has 2 aromatic carbocycles. The highest BCUT2D eigenvalue weighted by Gasteiger charge is 2.17. The number of aromatic nitrogens is 1. The summed E-state index contributed by atoms with van der Waals surface area (Å²) in [5.74, 6) is 0.336. The van der Waals surface area contributed by atoms with Gasteiger partial charge in [-0.05, 0) is 49.2 Å². The van der Waals surface area contributed by atoms with Crippen molar-refractivity contribution in [3.8, 4) is 17.0 Å². The molecule has 0 bridgehead atoms. The maximum Gasteiger partial charge on any atom is 0.264 e. The lowest BCUT2D eigenvalue weighted by molar-refractivity contribution is -0.118. The molecular weight excluding hydrogens is 422 g/mol. The molecule has 0 atom stereocenters. The Bertz CT molecular complexity index is 1150. The first-order valence-electron chi connectivity index (χ1n) is 9.15. The van der Waals surface area contributed by atoms with Crippen LogP contribution in [0.4, 0.5) is 5.13 Å². The third kappa shape index (κ3) is 5.05. The van der Waals surface area contributed by atoms with E-state index in [0.29, 0.717) is 16.6 Å². The Kier molecular flexibility index (Phi) is 6.55. The predicted octanol–water partition coefficient (Wildman–Crippen LogP) is 3.69. The largest absolute Gasteiger partial charge is 0.484 e. The van der Waals surface area contributed by atoms with Crippen LogP contribution in [0.5, 0.6) is 5.75 Å². The Morgan fingerprint density at radius 3 is 2.43 bits per heavy atom. The lowest BCUT2D eigenvalue weighted by atomic mass is 10.1. The molecule has 1 aromatic heterocycles. The Balaban J connectivity index is 1.62. The second-order valence-electron chi connectivity index (χ2n) is 6.93. The summed E-state index contributed by atoms with van der Waals surface area (Å²) in [6.45, 7) is 3.89. The number of ether oxygens (including phenoxy) is 1. The van der Waals surface area contributed by atoms with E-state index in [0.717, 1.165) is 16.7 Å². The minimum Gasteiger partial charge on any atom is -0.484 e. The second kappa shape index (κ2) is 8.95. The average molecular weight is 446 g/mol. The summed E-state index contributed by atoms with van der Waals surface area (Å²) < 4.78 is 31.0. The van der Waals surface area contributed by atoms with E-state index in [-0.39, 0.29) is 17.4 Å². The number of aryl methyl sites for hydroxylation is 2. The van der Waals surface area contributed by atoms with Gasteiger partial charge in [-0.25, -0.2) is 17.7 Å². The zero-order valence-corrected chi connectivity index (χ0v) is 18.8. The van der Waals surface area contributed by atoms with E-state index in [1.807, 2.05) is 32.0 Å². The zero-order chi connectivity index (χ0) is 21.9. The molecule has 0 saturated carbocycles. The van der Waals surface area contributed by atoms with Gasteiger partial charge in [0.25, 0.3) is 5.91 Å². The number of carbonyl (C=O) groups excluding carboxylic acids is 1. The fraction of sp³-hybridized carbons (Fsp3) is 0.238. The van der Waals surface area contributed by atoms with Crippen molar-refractivity contribution in [2.24, 2.45) is 0 Å². The third-order valence-corrected chi connectivity index (χ3v) is 7.11. The molecule has 1 N–H and O–H groups in total. The summed E-state index contributed by atoms with van der Waals surface area (Å²) >= 11 is 1.29. The Morgan fingerprint density at radius 2 is 1.80 bits per heavy atom. The van der Waals surface area contributed by atoms with Crippen molar-refractivity contribution >= 4 is 32.4 Å². The van der Waals surface area contributed by atoms with Crippen LogP contribution in [0.1, 0.15) is 11.1 Å². The molecule has 1 amide bonds. The molecule has 1 heterocycles. The summed E-state index contributed by atoms with van der Waals surface area (Å²) in [5.41, 5.74) is 3.67. The van der Waals surface area contributed by atoms with E-state index >= 15 is 0 Å². The molecule has 7 nitrogen and oxygen atoms in total. The molecule has 158 valence electrons. The molecule has 0 saturated heterocycles. The highest BCUT2D eigenvalue weighted by Crippen LogP contribution is 2.26. The number of carbonyl (C=O) groups is 1. The maximum atomic E-state index is 12.2. The van der Waals surface area contributed by atoms with Gasteiger partial charge in [0.05, 0.1) is 10.6 Å². The summed E-state index contributed by atoms with van der Waals surface area (Å²) in [6, 6.07) is 12.1. The standard InChI is InChI=1S/C21H23N3O4S2/c1-14-5-8-17(11-15(14)2)28-12-20(25)23-21-22-19(13-29-21)16-6-9-18(10-7-16)30(26,27)24(3)4/h5-11,13H,12H2,1-4H3,(H,22,23,25). The molecule has 0 aliphatic heterocycles. The van der Waals surface area contributed by atoms with E-state index in [1.54, 1.807) is 29.6 Å². The van der Waals surface area contributed by atoms with Gasteiger partial charge in [0, 0.05) is 25.0 Å².